The van der Waals surface area contributed by atoms with E-state index in [1.807, 2.05) is 7.05 Å². The van der Waals surface area contributed by atoms with Gasteiger partial charge in [-0.3, -0.25) is 29.3 Å². The number of piperidine rings is 1. The Bertz CT molecular complexity index is 1510. The molecule has 1 aromatic carbocycles. The molecule has 2 unspecified atom stereocenters. The van der Waals surface area contributed by atoms with E-state index < -0.39 is 22.6 Å². The van der Waals surface area contributed by atoms with Gasteiger partial charge in [0.05, 0.1) is 36.8 Å². The summed E-state index contributed by atoms with van der Waals surface area (Å²) < 4.78 is 4.65. The Labute approximate surface area is 279 Å². The van der Waals surface area contributed by atoms with Crippen LogP contribution in [0.15, 0.2) is 16.8 Å². The Hall–Kier alpha value is -4.34. The smallest absolute Gasteiger partial charge is 0.300 e. The topological polar surface area (TPSA) is 196 Å². The van der Waals surface area contributed by atoms with Gasteiger partial charge < -0.3 is 30.7 Å². The van der Waals surface area contributed by atoms with E-state index in [1.54, 1.807) is 11.9 Å². The molecule has 0 spiro atoms. The number of likely N-dealkylation sites (N-methyl/N-ethyl adjacent to an activating group) is 2. The molecule has 3 aliphatic rings. The predicted octanol–water partition coefficient (Wildman–Crippen LogP) is 1.30. The Morgan fingerprint density at radius 1 is 0.938 bits per heavy atom. The largest absolute Gasteiger partial charge is 0.363 e. The van der Waals surface area contributed by atoms with Crippen LogP contribution in [0.1, 0.15) is 51.9 Å². The van der Waals surface area contributed by atoms with Gasteiger partial charge in [0.2, 0.25) is 29.1 Å². The van der Waals surface area contributed by atoms with E-state index in [9.17, 15) is 29.3 Å². The molecule has 16 heteroatoms. The number of nitro benzene ring substituents is 1. The summed E-state index contributed by atoms with van der Waals surface area (Å²) in [5.74, 6) is 0.790. The molecule has 4 atom stereocenters. The van der Waals surface area contributed by atoms with Gasteiger partial charge in [0, 0.05) is 38.8 Å². The van der Waals surface area contributed by atoms with Gasteiger partial charge in [-0.2, -0.15) is 0 Å². The number of benzene rings is 1. The highest BCUT2D eigenvalue weighted by atomic mass is 16.6. The van der Waals surface area contributed by atoms with Crippen molar-refractivity contribution >= 4 is 46.0 Å². The first-order valence-corrected chi connectivity index (χ1v) is 16.8. The summed E-state index contributed by atoms with van der Waals surface area (Å²) in [5, 5.41) is 26.0. The van der Waals surface area contributed by atoms with E-state index in [0.29, 0.717) is 36.2 Å². The van der Waals surface area contributed by atoms with E-state index in [4.69, 9.17) is 0 Å². The number of amides is 4. The van der Waals surface area contributed by atoms with Crippen LogP contribution in [-0.4, -0.2) is 115 Å². The molecule has 2 bridgehead atoms. The van der Waals surface area contributed by atoms with Crippen LogP contribution >= 0.6 is 0 Å². The zero-order valence-electron chi connectivity index (χ0n) is 28.1. The minimum absolute atomic E-state index is 0.0439. The van der Waals surface area contributed by atoms with E-state index in [0.717, 1.165) is 11.8 Å². The molecule has 262 valence electrons. The lowest BCUT2D eigenvalue weighted by Crippen LogP contribution is -2.53. The fourth-order valence-electron chi connectivity index (χ4n) is 7.99. The summed E-state index contributed by atoms with van der Waals surface area (Å²) in [5.41, 5.74) is 0.185. The number of aromatic nitrogens is 2. The van der Waals surface area contributed by atoms with Gasteiger partial charge in [-0.25, -0.2) is 4.63 Å². The van der Waals surface area contributed by atoms with E-state index >= 15 is 0 Å². The Morgan fingerprint density at radius 2 is 1.58 bits per heavy atom. The molecule has 3 N–H and O–H groups in total. The van der Waals surface area contributed by atoms with Crippen molar-refractivity contribution in [1.29, 1.82) is 0 Å². The minimum Gasteiger partial charge on any atom is -0.363 e. The van der Waals surface area contributed by atoms with Crippen LogP contribution in [0, 0.1) is 33.8 Å². The van der Waals surface area contributed by atoms with Crippen molar-refractivity contribution in [2.75, 3.05) is 58.8 Å². The molecule has 2 saturated heterocycles. The maximum Gasteiger partial charge on any atom is 0.300 e. The molecule has 3 heterocycles. The first-order chi connectivity index (χ1) is 22.9. The molecular formula is C32H47N9O7. The van der Waals surface area contributed by atoms with Crippen molar-refractivity contribution < 1.29 is 28.7 Å². The fraction of sp³-hybridized carbons (Fsp3) is 0.688. The molecular weight excluding hydrogens is 622 g/mol. The van der Waals surface area contributed by atoms with Gasteiger partial charge in [0.1, 0.15) is 0 Å². The third-order valence-corrected chi connectivity index (χ3v) is 10.8. The van der Waals surface area contributed by atoms with Gasteiger partial charge in [-0.15, -0.1) is 0 Å². The average molecular weight is 670 g/mol. The summed E-state index contributed by atoms with van der Waals surface area (Å²) in [7, 11) is 5.61. The van der Waals surface area contributed by atoms with Crippen LogP contribution in [0.25, 0.3) is 11.0 Å². The third-order valence-electron chi connectivity index (χ3n) is 10.8. The summed E-state index contributed by atoms with van der Waals surface area (Å²) in [6.07, 6.45) is 8.73. The zero-order chi connectivity index (χ0) is 34.5. The molecule has 1 aliphatic carbocycles. The fourth-order valence-corrected chi connectivity index (χ4v) is 7.99. The minimum atomic E-state index is -0.607. The van der Waals surface area contributed by atoms with Crippen molar-refractivity contribution in [1.82, 2.24) is 36.1 Å². The monoisotopic (exact) mass is 669 g/mol. The molecule has 0 radical (unpaired) electrons. The van der Waals surface area contributed by atoms with Crippen LogP contribution in [0.2, 0.25) is 0 Å². The van der Waals surface area contributed by atoms with Gasteiger partial charge in [-0.05, 0) is 79.2 Å². The second-order valence-electron chi connectivity index (χ2n) is 13.8. The standard InChI is InChI=1S/C32H47N9O7/c1-19-5-7-20(8-6-19)22-13-21-9-10-24(40(21)4)23(22)17-39(3)30(45)16-35-28(43)14-33-27(42)15-34-29(44)18-38(2)25-11-12-26(41(46)47)32-31(25)36-48-37-32/h11-12,19-24H,5-10,13-18H2,1-4H3,(H,33,42)(H,34,44)(H,35,43)/t19?,20?,21-,22-,23?,24?/m1/s1. The number of rotatable bonds is 13. The Kier molecular flexibility index (Phi) is 11.1. The maximum absolute atomic E-state index is 13.1. The lowest BCUT2D eigenvalue weighted by atomic mass is 9.67. The van der Waals surface area contributed by atoms with Gasteiger partial charge >= 0.3 is 5.69 Å². The number of anilines is 1. The van der Waals surface area contributed by atoms with Crippen LogP contribution in [0.5, 0.6) is 0 Å². The van der Waals surface area contributed by atoms with Crippen molar-refractivity contribution in [3.8, 4) is 0 Å². The van der Waals surface area contributed by atoms with Crippen molar-refractivity contribution in [2.24, 2.45) is 23.7 Å². The summed E-state index contributed by atoms with van der Waals surface area (Å²) >= 11 is 0. The predicted molar refractivity (Wildman–Crippen MR) is 176 cm³/mol. The number of nitrogens with one attached hydrogen (secondary N) is 3. The molecule has 4 amide bonds. The van der Waals surface area contributed by atoms with Gasteiger partial charge in [0.25, 0.3) is 0 Å². The normalized spacial score (nSPS) is 25.3. The van der Waals surface area contributed by atoms with Crippen LogP contribution in [0.3, 0.4) is 0 Å². The molecule has 5 rings (SSSR count). The molecule has 2 aliphatic heterocycles. The number of hydrogen-bond donors (Lipinski definition) is 3. The van der Waals surface area contributed by atoms with E-state index in [-0.39, 0.29) is 48.8 Å². The second kappa shape index (κ2) is 15.3. The molecule has 3 fully saturated rings. The van der Waals surface area contributed by atoms with Crippen molar-refractivity contribution in [3.63, 3.8) is 0 Å². The Balaban J connectivity index is 1.02. The second-order valence-corrected chi connectivity index (χ2v) is 13.8. The quantitative estimate of drug-likeness (QED) is 0.205. The lowest BCUT2D eigenvalue weighted by Gasteiger charge is -2.48. The molecule has 48 heavy (non-hydrogen) atoms. The number of hydrogen-bond acceptors (Lipinski definition) is 11. The highest BCUT2D eigenvalue weighted by Gasteiger charge is 2.48. The zero-order valence-corrected chi connectivity index (χ0v) is 28.1. The highest BCUT2D eigenvalue weighted by Crippen LogP contribution is 2.48. The number of non-ortho nitro benzene ring substituents is 1. The van der Waals surface area contributed by atoms with Crippen LogP contribution in [-0.2, 0) is 19.2 Å². The van der Waals surface area contributed by atoms with Gasteiger partial charge in [-0.1, -0.05) is 19.8 Å². The van der Waals surface area contributed by atoms with Crippen LogP contribution < -0.4 is 20.9 Å². The summed E-state index contributed by atoms with van der Waals surface area (Å²) in [4.78, 5) is 66.6. The van der Waals surface area contributed by atoms with E-state index in [2.05, 4.69) is 49.8 Å². The highest BCUT2D eigenvalue weighted by molar-refractivity contribution is 5.96. The number of carbonyl (C=O) groups is 4. The van der Waals surface area contributed by atoms with Gasteiger partial charge in [0.15, 0.2) is 5.52 Å². The van der Waals surface area contributed by atoms with E-state index in [1.165, 1.54) is 62.0 Å². The van der Waals surface area contributed by atoms with Crippen molar-refractivity contribution in [3.05, 3.63) is 22.2 Å². The molecule has 2 aromatic rings. The Morgan fingerprint density at radius 3 is 2.27 bits per heavy atom. The SMILES string of the molecule is CC1CCC([C@H]2C[C@H]3CCC(C2CN(C)C(=O)CNC(=O)CNC(=O)CNC(=O)CN(C)c2ccc([N+](=O)[O-])c4nonc24)N3C)CC1. The average Bonchev–Trinajstić information content (AvgIpc) is 3.64. The lowest BCUT2D eigenvalue weighted by molar-refractivity contribution is -0.383. The first kappa shape index (κ1) is 35.0. The molecule has 1 aromatic heterocycles. The first-order valence-electron chi connectivity index (χ1n) is 16.8. The number of nitro groups is 1. The number of carbonyl (C=O) groups excluding carboxylic acids is 4. The molecule has 16 nitrogen and oxygen atoms in total. The maximum atomic E-state index is 13.1. The summed E-state index contributed by atoms with van der Waals surface area (Å²) in [6, 6.07) is 3.80. The van der Waals surface area contributed by atoms with Crippen LogP contribution in [0.4, 0.5) is 11.4 Å². The summed E-state index contributed by atoms with van der Waals surface area (Å²) in [6.45, 7) is 1.95. The third kappa shape index (κ3) is 8.02. The number of fused-ring (bicyclic) bond motifs is 3. The van der Waals surface area contributed by atoms with Crippen molar-refractivity contribution in [2.45, 2.75) is 64.0 Å². The molecule has 1 saturated carbocycles. The number of nitrogens with zero attached hydrogens (tertiary/aromatic N) is 6.